The Kier molecular flexibility index (Phi) is 3.45. The highest BCUT2D eigenvalue weighted by atomic mass is 32.2. The van der Waals surface area contributed by atoms with Crippen molar-refractivity contribution in [1.82, 2.24) is 9.97 Å². The second kappa shape index (κ2) is 4.84. The zero-order valence-corrected chi connectivity index (χ0v) is 13.6. The molecule has 102 valence electrons. The van der Waals surface area contributed by atoms with Gasteiger partial charge in [-0.15, -0.1) is 11.3 Å². The van der Waals surface area contributed by atoms with Crippen LogP contribution in [0.2, 0.25) is 0 Å². The van der Waals surface area contributed by atoms with Crippen molar-refractivity contribution in [2.75, 3.05) is 6.26 Å². The molecule has 0 spiro atoms. The summed E-state index contributed by atoms with van der Waals surface area (Å²) < 4.78 is 5.99. The second-order valence-corrected chi connectivity index (χ2v) is 7.21. The van der Waals surface area contributed by atoms with Gasteiger partial charge in [0.15, 0.2) is 5.16 Å². The summed E-state index contributed by atoms with van der Waals surface area (Å²) in [5.74, 6) is 0. The Morgan fingerprint density at radius 3 is 2.95 bits per heavy atom. The molecule has 0 aliphatic carbocycles. The molecule has 2 aromatic heterocycles. The number of ether oxygens (including phenoxy) is 1. The fourth-order valence-electron chi connectivity index (χ4n) is 2.34. The third-order valence-corrected chi connectivity index (χ3v) is 5.66. The number of aromatic nitrogens is 2. The maximum Gasteiger partial charge on any atom is 0.187 e. The van der Waals surface area contributed by atoms with Crippen molar-refractivity contribution in [3.8, 4) is 0 Å². The molecule has 19 heavy (non-hydrogen) atoms. The Hall–Kier alpha value is -0.430. The summed E-state index contributed by atoms with van der Waals surface area (Å²) in [5.41, 5.74) is 1.23. The van der Waals surface area contributed by atoms with E-state index >= 15 is 0 Å². The van der Waals surface area contributed by atoms with Crippen LogP contribution >= 0.6 is 23.1 Å². The number of nitrogens with zero attached hydrogens (tertiary/aromatic N) is 2. The van der Waals surface area contributed by atoms with Crippen molar-refractivity contribution in [2.45, 2.75) is 49.1 Å². The van der Waals surface area contributed by atoms with Crippen molar-refractivity contribution in [3.05, 3.63) is 10.4 Å². The Bertz CT molecular complexity index is 640. The maximum atomic E-state index is 5.99. The van der Waals surface area contributed by atoms with Crippen molar-refractivity contribution in [2.24, 2.45) is 0 Å². The first kappa shape index (κ1) is 13.5. The lowest BCUT2D eigenvalue weighted by Crippen LogP contribution is -2.33. The molecule has 0 saturated heterocycles. The van der Waals surface area contributed by atoms with Gasteiger partial charge in [-0.25, -0.2) is 4.98 Å². The molecular weight excluding hydrogens is 296 g/mol. The smallest absolute Gasteiger partial charge is 0.187 e. The summed E-state index contributed by atoms with van der Waals surface area (Å²) in [6.07, 6.45) is 3.88. The Labute approximate surface area is 126 Å². The minimum atomic E-state index is -0.0824. The molecule has 0 unspecified atom stereocenters. The van der Waals surface area contributed by atoms with Crippen LogP contribution in [-0.2, 0) is 30.4 Å². The molecule has 0 radical (unpaired) electrons. The van der Waals surface area contributed by atoms with Crippen molar-refractivity contribution in [1.29, 1.82) is 0 Å². The van der Waals surface area contributed by atoms with E-state index in [1.807, 2.05) is 6.26 Å². The molecule has 6 heteroatoms. The average Bonchev–Trinajstić information content (AvgIpc) is 2.76. The summed E-state index contributed by atoms with van der Waals surface area (Å²) in [6, 6.07) is 0. The Balaban J connectivity index is 2.18. The van der Waals surface area contributed by atoms with Crippen molar-refractivity contribution in [3.63, 3.8) is 0 Å². The van der Waals surface area contributed by atoms with E-state index in [0.29, 0.717) is 11.6 Å². The third kappa shape index (κ3) is 2.24. The van der Waals surface area contributed by atoms with E-state index in [1.165, 1.54) is 22.2 Å². The van der Waals surface area contributed by atoms with E-state index in [9.17, 15) is 0 Å². The van der Waals surface area contributed by atoms with Crippen LogP contribution in [0.25, 0.3) is 10.2 Å². The predicted octanol–water partition coefficient (Wildman–Crippen LogP) is 3.56. The molecule has 0 N–H and O–H groups in total. The molecule has 3 rings (SSSR count). The molecule has 0 aromatic carbocycles. The summed E-state index contributed by atoms with van der Waals surface area (Å²) in [4.78, 5) is 11.3. The summed E-state index contributed by atoms with van der Waals surface area (Å²) in [5, 5.41) is 2.53. The van der Waals surface area contributed by atoms with Crippen LogP contribution in [0.1, 0.15) is 30.7 Å². The minimum Gasteiger partial charge on any atom is -0.759 e. The number of thioether (sulfide) groups is 1. The molecule has 0 saturated carbocycles. The van der Waals surface area contributed by atoms with Gasteiger partial charge in [0.2, 0.25) is 0 Å². The van der Waals surface area contributed by atoms with Gasteiger partial charge < -0.3 is 17.4 Å². The van der Waals surface area contributed by atoms with Gasteiger partial charge in [-0.3, -0.25) is 4.98 Å². The van der Waals surface area contributed by atoms with E-state index in [1.54, 1.807) is 11.3 Å². The van der Waals surface area contributed by atoms with E-state index in [0.717, 1.165) is 28.2 Å². The molecule has 1 aliphatic rings. The zero-order chi connectivity index (χ0) is 13.6. The first-order valence-electron chi connectivity index (χ1n) is 6.23. The molecule has 0 bridgehead atoms. The van der Waals surface area contributed by atoms with Gasteiger partial charge in [0.1, 0.15) is 4.83 Å². The largest absolute Gasteiger partial charge is 0.759 e. The van der Waals surface area contributed by atoms with Gasteiger partial charge in [0, 0.05) is 16.7 Å². The molecule has 1 aliphatic heterocycles. The topological polar surface area (TPSA) is 35.0 Å². The first-order chi connectivity index (χ1) is 9.06. The van der Waals surface area contributed by atoms with Gasteiger partial charge in [0.25, 0.3) is 0 Å². The van der Waals surface area contributed by atoms with E-state index in [2.05, 4.69) is 23.8 Å². The number of hydrogen-bond acceptors (Lipinski definition) is 6. The highest BCUT2D eigenvalue weighted by molar-refractivity contribution is 7.98. The summed E-state index contributed by atoms with van der Waals surface area (Å²) in [6.45, 7) is 5.00. The summed E-state index contributed by atoms with van der Waals surface area (Å²) >= 11 is 8.69. The first-order valence-corrected chi connectivity index (χ1v) is 8.68. The zero-order valence-electron chi connectivity index (χ0n) is 11.1. The fraction of sp³-hybridized carbons (Fsp3) is 0.538. The standard InChI is InChI=1S/C13H16N2OS3/c1-4-13(2)5-7-8(6-16-13)19-11-9(7)10(17)14-12(15-11)18-3/h4-6H2,1-3H3,(H,14,15,17)/p-1/t13-/m1/s1. The van der Waals surface area contributed by atoms with Crippen LogP contribution in [0.5, 0.6) is 0 Å². The van der Waals surface area contributed by atoms with Crippen LogP contribution in [0.3, 0.4) is 0 Å². The van der Waals surface area contributed by atoms with Gasteiger partial charge in [-0.1, -0.05) is 23.7 Å². The van der Waals surface area contributed by atoms with Gasteiger partial charge in [0.05, 0.1) is 12.2 Å². The third-order valence-electron chi connectivity index (χ3n) is 3.71. The highest BCUT2D eigenvalue weighted by Crippen LogP contribution is 2.40. The quantitative estimate of drug-likeness (QED) is 0.367. The second-order valence-electron chi connectivity index (χ2n) is 4.97. The fourth-order valence-corrected chi connectivity index (χ4v) is 4.29. The van der Waals surface area contributed by atoms with E-state index in [4.69, 9.17) is 17.4 Å². The van der Waals surface area contributed by atoms with Crippen molar-refractivity contribution >= 4 is 45.9 Å². The lowest BCUT2D eigenvalue weighted by Gasteiger charge is -2.33. The van der Waals surface area contributed by atoms with Crippen LogP contribution in [0.15, 0.2) is 10.2 Å². The molecule has 2 aromatic rings. The number of thiophene rings is 1. The Morgan fingerprint density at radius 1 is 1.47 bits per heavy atom. The molecule has 0 amide bonds. The highest BCUT2D eigenvalue weighted by Gasteiger charge is 2.32. The number of hydrogen-bond donors (Lipinski definition) is 0. The van der Waals surface area contributed by atoms with Crippen LogP contribution in [0, 0.1) is 0 Å². The van der Waals surface area contributed by atoms with Crippen LogP contribution in [0.4, 0.5) is 0 Å². The summed E-state index contributed by atoms with van der Waals surface area (Å²) in [7, 11) is 0. The van der Waals surface area contributed by atoms with Gasteiger partial charge >= 0.3 is 0 Å². The number of fused-ring (bicyclic) bond motifs is 3. The average molecular weight is 311 g/mol. The Morgan fingerprint density at radius 2 is 2.26 bits per heavy atom. The lowest BCUT2D eigenvalue weighted by atomic mass is 9.90. The van der Waals surface area contributed by atoms with Crippen molar-refractivity contribution < 1.29 is 4.74 Å². The SMILES string of the molecule is CC[C@]1(C)Cc2c(sc3nc(SC)nc([S-])c23)CO1. The predicted molar refractivity (Wildman–Crippen MR) is 82.0 cm³/mol. The van der Waals surface area contributed by atoms with E-state index < -0.39 is 0 Å². The lowest BCUT2D eigenvalue weighted by molar-refractivity contribution is -0.0543. The van der Waals surface area contributed by atoms with Crippen LogP contribution in [-0.4, -0.2) is 21.8 Å². The monoisotopic (exact) mass is 311 g/mol. The maximum absolute atomic E-state index is 5.99. The van der Waals surface area contributed by atoms with Gasteiger partial charge in [-0.2, -0.15) is 0 Å². The van der Waals surface area contributed by atoms with Gasteiger partial charge in [-0.05, 0) is 25.2 Å². The molecular formula is C13H15N2OS3-. The molecule has 1 atom stereocenters. The van der Waals surface area contributed by atoms with Crippen LogP contribution < -0.4 is 0 Å². The molecule has 0 fully saturated rings. The minimum absolute atomic E-state index is 0.0824. The molecule has 3 heterocycles. The normalized spacial score (nSPS) is 22.7. The number of rotatable bonds is 2. The molecule has 3 nitrogen and oxygen atoms in total. The van der Waals surface area contributed by atoms with E-state index in [-0.39, 0.29) is 5.60 Å².